The molecule has 0 aromatic heterocycles. The maximum absolute atomic E-state index is 12.4. The van der Waals surface area contributed by atoms with Gasteiger partial charge in [-0.1, -0.05) is 6.92 Å². The first-order valence-corrected chi connectivity index (χ1v) is 6.90. The van der Waals surface area contributed by atoms with E-state index < -0.39 is 0 Å². The van der Waals surface area contributed by atoms with Crippen molar-refractivity contribution < 1.29 is 14.3 Å². The summed E-state index contributed by atoms with van der Waals surface area (Å²) in [6.45, 7) is 5.27. The minimum Gasteiger partial charge on any atom is -0.378 e. The van der Waals surface area contributed by atoms with Crippen molar-refractivity contribution in [2.24, 2.45) is 0 Å². The maximum Gasteiger partial charge on any atom is 0.245 e. The molecule has 1 atom stereocenters. The van der Waals surface area contributed by atoms with E-state index in [0.717, 1.165) is 25.8 Å². The molecule has 0 aliphatic carbocycles. The van der Waals surface area contributed by atoms with Crippen LogP contribution in [-0.2, 0) is 14.3 Å². The molecule has 0 aromatic carbocycles. The van der Waals surface area contributed by atoms with Gasteiger partial charge in [0.1, 0.15) is 6.04 Å². The highest BCUT2D eigenvalue weighted by Gasteiger charge is 2.36. The van der Waals surface area contributed by atoms with Gasteiger partial charge in [-0.05, 0) is 19.3 Å². The van der Waals surface area contributed by atoms with E-state index in [9.17, 15) is 9.59 Å². The van der Waals surface area contributed by atoms with Gasteiger partial charge in [0.2, 0.25) is 11.8 Å². The molecule has 2 amide bonds. The molecule has 2 rings (SSSR count). The molecule has 5 nitrogen and oxygen atoms in total. The van der Waals surface area contributed by atoms with Crippen LogP contribution in [0.1, 0.15) is 32.6 Å². The second kappa shape index (κ2) is 6.18. The Balaban J connectivity index is 1.97. The number of hydrogen-bond donors (Lipinski definition) is 0. The number of hydrogen-bond acceptors (Lipinski definition) is 3. The molecule has 102 valence electrons. The van der Waals surface area contributed by atoms with E-state index in [1.54, 1.807) is 4.90 Å². The fourth-order valence-electron chi connectivity index (χ4n) is 2.67. The number of likely N-dealkylation sites (tertiary alicyclic amines) is 1. The van der Waals surface area contributed by atoms with Gasteiger partial charge >= 0.3 is 0 Å². The van der Waals surface area contributed by atoms with Crippen LogP contribution < -0.4 is 0 Å². The first-order chi connectivity index (χ1) is 8.74. The fourth-order valence-corrected chi connectivity index (χ4v) is 2.67. The van der Waals surface area contributed by atoms with Crippen LogP contribution in [0.15, 0.2) is 0 Å². The molecule has 0 spiro atoms. The molecule has 0 unspecified atom stereocenters. The summed E-state index contributed by atoms with van der Waals surface area (Å²) in [5, 5.41) is 0. The molecule has 0 aromatic rings. The Morgan fingerprint density at radius 2 is 1.94 bits per heavy atom. The molecule has 2 saturated heterocycles. The van der Waals surface area contributed by atoms with Gasteiger partial charge in [-0.3, -0.25) is 9.59 Å². The normalized spacial score (nSPS) is 24.4. The van der Waals surface area contributed by atoms with E-state index in [1.165, 1.54) is 0 Å². The molecule has 2 heterocycles. The number of carbonyl (C=O) groups excluding carboxylic acids is 2. The summed E-state index contributed by atoms with van der Waals surface area (Å²) in [6.07, 6.45) is 3.14. The Morgan fingerprint density at radius 3 is 2.61 bits per heavy atom. The summed E-state index contributed by atoms with van der Waals surface area (Å²) >= 11 is 0. The third-order valence-electron chi connectivity index (χ3n) is 3.64. The van der Waals surface area contributed by atoms with Crippen molar-refractivity contribution in [1.29, 1.82) is 0 Å². The van der Waals surface area contributed by atoms with Gasteiger partial charge < -0.3 is 14.5 Å². The second-order valence-corrected chi connectivity index (χ2v) is 4.93. The van der Waals surface area contributed by atoms with Crippen molar-refractivity contribution in [2.75, 3.05) is 32.8 Å². The third kappa shape index (κ3) is 2.83. The lowest BCUT2D eigenvalue weighted by molar-refractivity contribution is -0.146. The molecule has 0 saturated carbocycles. The summed E-state index contributed by atoms with van der Waals surface area (Å²) < 4.78 is 5.25. The van der Waals surface area contributed by atoms with E-state index in [1.807, 2.05) is 11.8 Å². The minimum atomic E-state index is -0.220. The van der Waals surface area contributed by atoms with E-state index >= 15 is 0 Å². The summed E-state index contributed by atoms with van der Waals surface area (Å²) in [5.41, 5.74) is 0. The Hall–Kier alpha value is -1.10. The Kier molecular flexibility index (Phi) is 4.58. The van der Waals surface area contributed by atoms with Crippen molar-refractivity contribution >= 4 is 11.8 Å². The van der Waals surface area contributed by atoms with Crippen LogP contribution >= 0.6 is 0 Å². The lowest BCUT2D eigenvalue weighted by Crippen LogP contribution is -2.51. The summed E-state index contributed by atoms with van der Waals surface area (Å²) in [6, 6.07) is -0.220. The highest BCUT2D eigenvalue weighted by Crippen LogP contribution is 2.21. The van der Waals surface area contributed by atoms with Gasteiger partial charge in [0.15, 0.2) is 0 Å². The van der Waals surface area contributed by atoms with Crippen LogP contribution in [0.2, 0.25) is 0 Å². The molecular weight excluding hydrogens is 232 g/mol. The van der Waals surface area contributed by atoms with Crippen LogP contribution in [0.3, 0.4) is 0 Å². The predicted molar refractivity (Wildman–Crippen MR) is 67.0 cm³/mol. The van der Waals surface area contributed by atoms with Gasteiger partial charge in [0, 0.05) is 26.1 Å². The molecule has 18 heavy (non-hydrogen) atoms. The van der Waals surface area contributed by atoms with E-state index in [2.05, 4.69) is 0 Å². The SMILES string of the molecule is CCCC(=O)N1CCC[C@@H]1C(=O)N1CCOCC1. The maximum atomic E-state index is 12.4. The van der Waals surface area contributed by atoms with E-state index in [-0.39, 0.29) is 17.9 Å². The summed E-state index contributed by atoms with van der Waals surface area (Å²) in [5.74, 6) is 0.238. The van der Waals surface area contributed by atoms with E-state index in [4.69, 9.17) is 4.74 Å². The second-order valence-electron chi connectivity index (χ2n) is 4.93. The summed E-state index contributed by atoms with van der Waals surface area (Å²) in [4.78, 5) is 28.0. The van der Waals surface area contributed by atoms with Crippen molar-refractivity contribution in [3.63, 3.8) is 0 Å². The molecule has 5 heteroatoms. The lowest BCUT2D eigenvalue weighted by Gasteiger charge is -2.32. The smallest absolute Gasteiger partial charge is 0.245 e. The monoisotopic (exact) mass is 254 g/mol. The van der Waals surface area contributed by atoms with Crippen LogP contribution in [0.5, 0.6) is 0 Å². The number of nitrogens with zero attached hydrogens (tertiary/aromatic N) is 2. The lowest BCUT2D eigenvalue weighted by atomic mass is 10.1. The van der Waals surface area contributed by atoms with Crippen molar-refractivity contribution in [3.8, 4) is 0 Å². The van der Waals surface area contributed by atoms with Gasteiger partial charge in [-0.25, -0.2) is 0 Å². The predicted octanol–water partition coefficient (Wildman–Crippen LogP) is 0.636. The van der Waals surface area contributed by atoms with Gasteiger partial charge in [0.25, 0.3) is 0 Å². The number of rotatable bonds is 3. The van der Waals surface area contributed by atoms with Crippen molar-refractivity contribution in [2.45, 2.75) is 38.6 Å². The molecule has 2 aliphatic heterocycles. The molecule has 2 aliphatic rings. The highest BCUT2D eigenvalue weighted by atomic mass is 16.5. The Labute approximate surface area is 108 Å². The zero-order chi connectivity index (χ0) is 13.0. The van der Waals surface area contributed by atoms with Crippen LogP contribution in [0, 0.1) is 0 Å². The first-order valence-electron chi connectivity index (χ1n) is 6.90. The zero-order valence-electron chi connectivity index (χ0n) is 11.1. The minimum absolute atomic E-state index is 0.111. The molecule has 0 bridgehead atoms. The van der Waals surface area contributed by atoms with Crippen LogP contribution in [0.25, 0.3) is 0 Å². The topological polar surface area (TPSA) is 49.9 Å². The number of ether oxygens (including phenoxy) is 1. The van der Waals surface area contributed by atoms with E-state index in [0.29, 0.717) is 32.7 Å². The fraction of sp³-hybridized carbons (Fsp3) is 0.846. The average molecular weight is 254 g/mol. The first kappa shape index (κ1) is 13.3. The van der Waals surface area contributed by atoms with Crippen LogP contribution in [0.4, 0.5) is 0 Å². The zero-order valence-corrected chi connectivity index (χ0v) is 11.1. The standard InChI is InChI=1S/C13H22N2O3/c1-2-4-12(16)15-6-3-5-11(15)13(17)14-7-9-18-10-8-14/h11H,2-10H2,1H3/t11-/m1/s1. The largest absolute Gasteiger partial charge is 0.378 e. The molecule has 2 fully saturated rings. The summed E-state index contributed by atoms with van der Waals surface area (Å²) in [7, 11) is 0. The number of amides is 2. The van der Waals surface area contributed by atoms with Crippen molar-refractivity contribution in [1.82, 2.24) is 9.80 Å². The Bertz CT molecular complexity index is 313. The third-order valence-corrected chi connectivity index (χ3v) is 3.64. The molecular formula is C13H22N2O3. The van der Waals surface area contributed by atoms with Gasteiger partial charge in [-0.15, -0.1) is 0 Å². The highest BCUT2D eigenvalue weighted by molar-refractivity contribution is 5.88. The quantitative estimate of drug-likeness (QED) is 0.742. The van der Waals surface area contributed by atoms with Gasteiger partial charge in [0.05, 0.1) is 13.2 Å². The number of morpholine rings is 1. The Morgan fingerprint density at radius 1 is 1.22 bits per heavy atom. The average Bonchev–Trinajstić information content (AvgIpc) is 2.88. The molecule has 0 radical (unpaired) electrons. The van der Waals surface area contributed by atoms with Crippen LogP contribution in [-0.4, -0.2) is 60.5 Å². The van der Waals surface area contributed by atoms with Crippen molar-refractivity contribution in [3.05, 3.63) is 0 Å². The molecule has 0 N–H and O–H groups in total. The van der Waals surface area contributed by atoms with Gasteiger partial charge in [-0.2, -0.15) is 0 Å². The number of carbonyl (C=O) groups is 2.